The van der Waals surface area contributed by atoms with E-state index in [-0.39, 0.29) is 0 Å². The molecule has 0 unspecified atom stereocenters. The van der Waals surface area contributed by atoms with Crippen molar-refractivity contribution in [2.75, 3.05) is 14.2 Å². The molecule has 78 valence electrons. The molecule has 0 aromatic carbocycles. The highest BCUT2D eigenvalue weighted by molar-refractivity contribution is 4.78. The molecule has 0 aromatic rings. The van der Waals surface area contributed by atoms with Crippen LogP contribution in [0.3, 0.4) is 0 Å². The van der Waals surface area contributed by atoms with E-state index >= 15 is 0 Å². The molecule has 0 aromatic heterocycles. The Morgan fingerprint density at radius 2 is 0.923 bits per heavy atom. The highest BCUT2D eigenvalue weighted by Gasteiger charge is 2.26. The molecule has 2 aliphatic rings. The van der Waals surface area contributed by atoms with E-state index < -0.39 is 0 Å². The third-order valence-electron chi connectivity index (χ3n) is 3.47. The zero-order valence-electron chi connectivity index (χ0n) is 9.22. The molecule has 0 radical (unpaired) electrons. The van der Waals surface area contributed by atoms with Crippen LogP contribution in [0.5, 0.6) is 0 Å². The molecular formula is C12H24O. The molecule has 0 spiro atoms. The summed E-state index contributed by atoms with van der Waals surface area (Å²) in [5.74, 6) is 2.31. The van der Waals surface area contributed by atoms with Crippen LogP contribution in [0.2, 0.25) is 0 Å². The first kappa shape index (κ1) is 11.0. The average Bonchev–Trinajstić information content (AvgIpc) is 2.19. The molecule has 0 atom stereocenters. The van der Waals surface area contributed by atoms with Gasteiger partial charge in [0.25, 0.3) is 0 Å². The molecule has 2 fully saturated rings. The quantitative estimate of drug-likeness (QED) is 0.558. The molecular weight excluding hydrogens is 160 g/mol. The predicted molar refractivity (Wildman–Crippen MR) is 56.8 cm³/mol. The minimum atomic E-state index is 1.16. The Labute approximate surface area is 82.9 Å². The van der Waals surface area contributed by atoms with Gasteiger partial charge in [-0.1, -0.05) is 51.4 Å². The predicted octanol–water partition coefficient (Wildman–Crippen LogP) is 3.63. The number of hydrogen-bond donors (Lipinski definition) is 0. The molecule has 13 heavy (non-hydrogen) atoms. The Kier molecular flexibility index (Phi) is 5.45. The number of rotatable bonds is 0. The van der Waals surface area contributed by atoms with Crippen LogP contribution >= 0.6 is 0 Å². The monoisotopic (exact) mass is 184 g/mol. The van der Waals surface area contributed by atoms with Crippen LogP contribution < -0.4 is 0 Å². The zero-order chi connectivity index (χ0) is 9.52. The largest absolute Gasteiger partial charge is 0.388 e. The van der Waals surface area contributed by atoms with Crippen molar-refractivity contribution in [1.29, 1.82) is 0 Å². The molecule has 1 nitrogen and oxygen atoms in total. The van der Waals surface area contributed by atoms with Crippen LogP contribution in [0.4, 0.5) is 0 Å². The number of ether oxygens (including phenoxy) is 1. The van der Waals surface area contributed by atoms with Gasteiger partial charge in [-0.15, -0.1) is 0 Å². The summed E-state index contributed by atoms with van der Waals surface area (Å²) in [5.41, 5.74) is 0. The Morgan fingerprint density at radius 1 is 0.692 bits per heavy atom. The topological polar surface area (TPSA) is 9.23 Å². The van der Waals surface area contributed by atoms with Gasteiger partial charge in [-0.05, 0) is 11.8 Å². The fourth-order valence-electron chi connectivity index (χ4n) is 2.86. The van der Waals surface area contributed by atoms with Gasteiger partial charge in [0.2, 0.25) is 0 Å². The smallest absolute Gasteiger partial charge is 0.0351 e. The highest BCUT2D eigenvalue weighted by Crippen LogP contribution is 2.39. The second-order valence-corrected chi connectivity index (χ2v) is 4.50. The molecule has 0 N–H and O–H groups in total. The molecule has 2 rings (SSSR count). The van der Waals surface area contributed by atoms with E-state index in [1.807, 2.05) is 0 Å². The maximum Gasteiger partial charge on any atom is 0.0351 e. The van der Waals surface area contributed by atoms with Crippen molar-refractivity contribution < 1.29 is 4.74 Å². The summed E-state index contributed by atoms with van der Waals surface area (Å²) < 4.78 is 4.25. The fourth-order valence-corrected chi connectivity index (χ4v) is 2.86. The van der Waals surface area contributed by atoms with Crippen molar-refractivity contribution in [3.05, 3.63) is 0 Å². The second-order valence-electron chi connectivity index (χ2n) is 4.50. The van der Waals surface area contributed by atoms with E-state index in [1.165, 1.54) is 25.7 Å². The van der Waals surface area contributed by atoms with Gasteiger partial charge < -0.3 is 4.74 Å². The standard InChI is InChI=1S/C10H18.C2H6O/c1-2-6-10-8-4-3-7-9(10)5-1;1-3-2/h9-10H,1-8H2;1-2H3. The number of hydrogen-bond acceptors (Lipinski definition) is 1. The Morgan fingerprint density at radius 3 is 1.15 bits per heavy atom. The fraction of sp³-hybridized carbons (Fsp3) is 1.00. The Hall–Kier alpha value is -0.0400. The summed E-state index contributed by atoms with van der Waals surface area (Å²) in [6.07, 6.45) is 12.4. The van der Waals surface area contributed by atoms with Gasteiger partial charge >= 0.3 is 0 Å². The van der Waals surface area contributed by atoms with Crippen molar-refractivity contribution in [2.24, 2.45) is 11.8 Å². The third-order valence-corrected chi connectivity index (χ3v) is 3.47. The van der Waals surface area contributed by atoms with Gasteiger partial charge in [0.05, 0.1) is 0 Å². The SMILES string of the molecule is C1CCC2CCCCC2C1.COC. The van der Waals surface area contributed by atoms with Crippen molar-refractivity contribution >= 4 is 0 Å². The van der Waals surface area contributed by atoms with Crippen molar-refractivity contribution in [3.63, 3.8) is 0 Å². The van der Waals surface area contributed by atoms with Crippen molar-refractivity contribution in [1.82, 2.24) is 0 Å². The third kappa shape index (κ3) is 3.68. The lowest BCUT2D eigenvalue weighted by molar-refractivity contribution is 0.171. The van der Waals surface area contributed by atoms with Gasteiger partial charge in [0.15, 0.2) is 0 Å². The minimum Gasteiger partial charge on any atom is -0.388 e. The zero-order valence-corrected chi connectivity index (χ0v) is 9.22. The molecule has 2 aliphatic carbocycles. The first-order valence-electron chi connectivity index (χ1n) is 5.78. The summed E-state index contributed by atoms with van der Waals surface area (Å²) in [6.45, 7) is 0. The van der Waals surface area contributed by atoms with E-state index in [4.69, 9.17) is 0 Å². The average molecular weight is 184 g/mol. The number of methoxy groups -OCH3 is 1. The second kappa shape index (κ2) is 6.42. The lowest BCUT2D eigenvalue weighted by atomic mass is 9.71. The molecule has 1 heteroatoms. The van der Waals surface area contributed by atoms with E-state index in [0.717, 1.165) is 11.8 Å². The maximum atomic E-state index is 4.25. The Bertz CT molecular complexity index is 96.3. The van der Waals surface area contributed by atoms with Crippen molar-refractivity contribution in [2.45, 2.75) is 51.4 Å². The summed E-state index contributed by atoms with van der Waals surface area (Å²) in [6, 6.07) is 0. The molecule has 0 aliphatic heterocycles. The maximum absolute atomic E-state index is 4.25. The van der Waals surface area contributed by atoms with Crippen molar-refractivity contribution in [3.8, 4) is 0 Å². The molecule has 0 bridgehead atoms. The van der Waals surface area contributed by atoms with E-state index in [0.29, 0.717) is 0 Å². The lowest BCUT2D eigenvalue weighted by Gasteiger charge is -2.35. The van der Waals surface area contributed by atoms with Crippen LogP contribution in [0.1, 0.15) is 51.4 Å². The molecule has 0 heterocycles. The summed E-state index contributed by atoms with van der Waals surface area (Å²) >= 11 is 0. The summed E-state index contributed by atoms with van der Waals surface area (Å²) in [4.78, 5) is 0. The van der Waals surface area contributed by atoms with Crippen LogP contribution in [-0.2, 0) is 4.74 Å². The first-order chi connectivity index (χ1) is 6.38. The minimum absolute atomic E-state index is 1.16. The van der Waals surface area contributed by atoms with Gasteiger partial charge in [0, 0.05) is 14.2 Å². The lowest BCUT2D eigenvalue weighted by Crippen LogP contribution is -2.22. The summed E-state index contributed by atoms with van der Waals surface area (Å²) in [7, 11) is 3.25. The van der Waals surface area contributed by atoms with Crippen LogP contribution in [0.25, 0.3) is 0 Å². The van der Waals surface area contributed by atoms with Gasteiger partial charge in [-0.25, -0.2) is 0 Å². The number of fused-ring (bicyclic) bond motifs is 1. The van der Waals surface area contributed by atoms with Gasteiger partial charge in [-0.3, -0.25) is 0 Å². The molecule has 2 saturated carbocycles. The normalized spacial score (nSPS) is 32.8. The first-order valence-corrected chi connectivity index (χ1v) is 5.78. The molecule has 0 saturated heterocycles. The molecule has 0 amide bonds. The highest BCUT2D eigenvalue weighted by atomic mass is 16.4. The van der Waals surface area contributed by atoms with Gasteiger partial charge in [0.1, 0.15) is 0 Å². The Balaban J connectivity index is 0.000000251. The van der Waals surface area contributed by atoms with Gasteiger partial charge in [-0.2, -0.15) is 0 Å². The van der Waals surface area contributed by atoms with E-state index in [2.05, 4.69) is 4.74 Å². The summed E-state index contributed by atoms with van der Waals surface area (Å²) in [5, 5.41) is 0. The van der Waals surface area contributed by atoms with Crippen LogP contribution in [0, 0.1) is 11.8 Å². The van der Waals surface area contributed by atoms with Crippen LogP contribution in [0.15, 0.2) is 0 Å². The van der Waals surface area contributed by atoms with Crippen LogP contribution in [-0.4, -0.2) is 14.2 Å². The van der Waals surface area contributed by atoms with E-state index in [9.17, 15) is 0 Å². The van der Waals surface area contributed by atoms with E-state index in [1.54, 1.807) is 39.9 Å².